The summed E-state index contributed by atoms with van der Waals surface area (Å²) >= 11 is 5.92. The summed E-state index contributed by atoms with van der Waals surface area (Å²) in [4.78, 5) is 17.4. The van der Waals surface area contributed by atoms with E-state index in [2.05, 4.69) is 21.7 Å². The number of ether oxygens (including phenoxy) is 1. The lowest BCUT2D eigenvalue weighted by Gasteiger charge is -2.16. The molecule has 1 heterocycles. The maximum absolute atomic E-state index is 13.7. The maximum atomic E-state index is 13.7. The predicted molar refractivity (Wildman–Crippen MR) is 141 cm³/mol. The number of halogens is 2. The second kappa shape index (κ2) is 11.2. The van der Waals surface area contributed by atoms with Crippen molar-refractivity contribution >= 4 is 51.5 Å². The van der Waals surface area contributed by atoms with Crippen LogP contribution in [0.25, 0.3) is 17.0 Å². The molecule has 1 aromatic heterocycles. The van der Waals surface area contributed by atoms with Crippen molar-refractivity contribution in [3.63, 3.8) is 0 Å². The van der Waals surface area contributed by atoms with Gasteiger partial charge in [-0.25, -0.2) is 4.39 Å². The van der Waals surface area contributed by atoms with Crippen LogP contribution in [-0.4, -0.2) is 17.5 Å². The number of hydrogen-bond donors (Lipinski definition) is 2. The van der Waals surface area contributed by atoms with E-state index in [1.165, 1.54) is 30.5 Å². The second-order valence-electron chi connectivity index (χ2n) is 7.75. The fourth-order valence-electron chi connectivity index (χ4n) is 3.58. The summed E-state index contributed by atoms with van der Waals surface area (Å²) in [5, 5.41) is 25.5. The first-order chi connectivity index (χ1) is 17.9. The van der Waals surface area contributed by atoms with Gasteiger partial charge in [-0.1, -0.05) is 41.9 Å². The van der Waals surface area contributed by atoms with Gasteiger partial charge in [0.2, 0.25) is 0 Å². The van der Waals surface area contributed by atoms with Gasteiger partial charge < -0.3 is 15.4 Å². The van der Waals surface area contributed by atoms with Gasteiger partial charge >= 0.3 is 0 Å². The first-order valence-corrected chi connectivity index (χ1v) is 11.5. The summed E-state index contributed by atoms with van der Waals surface area (Å²) in [5.41, 5.74) is 2.42. The van der Waals surface area contributed by atoms with Crippen molar-refractivity contribution in [3.8, 4) is 17.9 Å². The minimum atomic E-state index is -0.629. The van der Waals surface area contributed by atoms with E-state index < -0.39 is 11.7 Å². The number of aromatic nitrogens is 1. The van der Waals surface area contributed by atoms with Gasteiger partial charge in [0.25, 0.3) is 5.91 Å². The highest BCUT2D eigenvalue weighted by Crippen LogP contribution is 2.36. The van der Waals surface area contributed by atoms with Crippen LogP contribution in [0, 0.1) is 28.5 Å². The molecule has 0 aliphatic carbocycles. The number of benzene rings is 3. The molecule has 9 heteroatoms. The molecule has 3 aromatic carbocycles. The van der Waals surface area contributed by atoms with E-state index in [1.807, 2.05) is 12.1 Å². The van der Waals surface area contributed by atoms with Crippen molar-refractivity contribution in [1.82, 2.24) is 4.98 Å². The average molecular weight is 512 g/mol. The fourth-order valence-corrected chi connectivity index (χ4v) is 3.76. The molecule has 1 amide bonds. The summed E-state index contributed by atoms with van der Waals surface area (Å²) < 4.78 is 19.4. The molecule has 4 rings (SSSR count). The van der Waals surface area contributed by atoms with E-state index in [0.29, 0.717) is 40.2 Å². The van der Waals surface area contributed by atoms with Crippen molar-refractivity contribution in [2.75, 3.05) is 17.2 Å². The molecular weight excluding hydrogens is 493 g/mol. The molecule has 0 fully saturated rings. The number of hydrogen-bond acceptors (Lipinski definition) is 6. The number of nitrogens with one attached hydrogen (secondary N) is 2. The molecule has 37 heavy (non-hydrogen) atoms. The van der Waals surface area contributed by atoms with Gasteiger partial charge in [0.15, 0.2) is 0 Å². The Morgan fingerprint density at radius 2 is 1.95 bits per heavy atom. The van der Waals surface area contributed by atoms with Crippen molar-refractivity contribution in [1.29, 1.82) is 10.5 Å². The number of pyridine rings is 1. The number of carbonyl (C=O) groups excluding carboxylic acids is 1. The average Bonchev–Trinajstić information content (AvgIpc) is 2.90. The van der Waals surface area contributed by atoms with Crippen LogP contribution in [0.4, 0.5) is 21.5 Å². The highest BCUT2D eigenvalue weighted by atomic mass is 35.5. The predicted octanol–water partition coefficient (Wildman–Crippen LogP) is 6.59. The lowest BCUT2D eigenvalue weighted by molar-refractivity contribution is -0.112. The zero-order valence-corrected chi connectivity index (χ0v) is 20.3. The molecule has 0 spiro atoms. The normalized spacial score (nSPS) is 10.9. The molecule has 182 valence electrons. The zero-order chi connectivity index (χ0) is 26.4. The molecule has 0 aliphatic rings. The lowest BCUT2D eigenvalue weighted by Crippen LogP contribution is -2.14. The zero-order valence-electron chi connectivity index (χ0n) is 19.5. The van der Waals surface area contributed by atoms with Gasteiger partial charge in [-0.3, -0.25) is 9.78 Å². The largest absolute Gasteiger partial charge is 0.492 e. The van der Waals surface area contributed by atoms with Crippen LogP contribution in [0.1, 0.15) is 18.1 Å². The highest BCUT2D eigenvalue weighted by molar-refractivity contribution is 6.31. The topological polar surface area (TPSA) is 111 Å². The summed E-state index contributed by atoms with van der Waals surface area (Å²) in [6.45, 7) is 2.11. The third kappa shape index (κ3) is 5.67. The molecule has 0 saturated heterocycles. The molecule has 0 saturated carbocycles. The van der Waals surface area contributed by atoms with E-state index in [0.717, 1.165) is 0 Å². The molecule has 4 aromatic rings. The van der Waals surface area contributed by atoms with Crippen LogP contribution in [0.3, 0.4) is 0 Å². The van der Waals surface area contributed by atoms with E-state index in [-0.39, 0.29) is 21.8 Å². The number of rotatable bonds is 7. The molecule has 0 bridgehead atoms. The Hall–Kier alpha value is -4.92. The first kappa shape index (κ1) is 25.2. The van der Waals surface area contributed by atoms with Gasteiger partial charge in [-0.2, -0.15) is 10.5 Å². The standard InChI is InChI=1S/C28H19ClFN5O2/c1-2-37-26-13-24-21(12-25(26)35-28(36)18(14-31)10-17-6-4-3-5-7-17)27(19(15-32)16-33-24)34-20-8-9-23(30)22(29)11-20/h3-13,16H,2H2,1H3,(H,33,34)(H,35,36). The number of amides is 1. The second-order valence-corrected chi connectivity index (χ2v) is 8.15. The molecule has 0 unspecified atom stereocenters. The SMILES string of the molecule is CCOc1cc2ncc(C#N)c(Nc3ccc(F)c(Cl)c3)c2cc1NC(=O)C(C#N)=Cc1ccccc1. The van der Waals surface area contributed by atoms with Crippen molar-refractivity contribution in [2.24, 2.45) is 0 Å². The monoisotopic (exact) mass is 511 g/mol. The number of anilines is 3. The Balaban J connectivity index is 1.79. The molecule has 0 radical (unpaired) electrons. The third-order valence-corrected chi connectivity index (χ3v) is 5.59. The van der Waals surface area contributed by atoms with Crippen LogP contribution < -0.4 is 15.4 Å². The smallest absolute Gasteiger partial charge is 0.266 e. The number of nitrogens with zero attached hydrogens (tertiary/aromatic N) is 3. The number of fused-ring (bicyclic) bond motifs is 1. The number of carbonyl (C=O) groups is 1. The van der Waals surface area contributed by atoms with E-state index in [9.17, 15) is 19.7 Å². The third-order valence-electron chi connectivity index (χ3n) is 5.30. The van der Waals surface area contributed by atoms with Crippen LogP contribution in [-0.2, 0) is 4.79 Å². The Labute approximate surface area is 217 Å². The fraction of sp³-hybridized carbons (Fsp3) is 0.0714. The molecular formula is C28H19ClFN5O2. The van der Waals surface area contributed by atoms with Gasteiger partial charge in [-0.05, 0) is 42.8 Å². The van der Waals surface area contributed by atoms with Gasteiger partial charge in [-0.15, -0.1) is 0 Å². The Kier molecular flexibility index (Phi) is 7.63. The summed E-state index contributed by atoms with van der Waals surface area (Å²) in [6, 6.07) is 20.3. The maximum Gasteiger partial charge on any atom is 0.266 e. The van der Waals surface area contributed by atoms with E-state index >= 15 is 0 Å². The summed E-state index contributed by atoms with van der Waals surface area (Å²) in [5.74, 6) is -0.861. The molecule has 2 N–H and O–H groups in total. The molecule has 0 aliphatic heterocycles. The van der Waals surface area contributed by atoms with Crippen molar-refractivity contribution in [2.45, 2.75) is 6.92 Å². The Morgan fingerprint density at radius 1 is 1.16 bits per heavy atom. The highest BCUT2D eigenvalue weighted by Gasteiger charge is 2.18. The molecule has 0 atom stereocenters. The van der Waals surface area contributed by atoms with Crippen LogP contribution in [0.2, 0.25) is 5.02 Å². The van der Waals surface area contributed by atoms with Gasteiger partial charge in [0, 0.05) is 23.3 Å². The Morgan fingerprint density at radius 3 is 2.62 bits per heavy atom. The van der Waals surface area contributed by atoms with Crippen LogP contribution in [0.5, 0.6) is 5.75 Å². The van der Waals surface area contributed by atoms with E-state index in [1.54, 1.807) is 43.3 Å². The summed E-state index contributed by atoms with van der Waals surface area (Å²) in [6.07, 6.45) is 2.89. The minimum absolute atomic E-state index is 0.0808. The van der Waals surface area contributed by atoms with Gasteiger partial charge in [0.1, 0.15) is 29.3 Å². The number of nitriles is 2. The van der Waals surface area contributed by atoms with E-state index in [4.69, 9.17) is 16.3 Å². The van der Waals surface area contributed by atoms with Crippen LogP contribution >= 0.6 is 11.6 Å². The van der Waals surface area contributed by atoms with Crippen LogP contribution in [0.15, 0.2) is 72.4 Å². The quantitative estimate of drug-likeness (QED) is 0.214. The first-order valence-electron chi connectivity index (χ1n) is 11.1. The van der Waals surface area contributed by atoms with Crippen molar-refractivity contribution < 1.29 is 13.9 Å². The van der Waals surface area contributed by atoms with Gasteiger partial charge in [0.05, 0.1) is 34.1 Å². The lowest BCUT2D eigenvalue weighted by atomic mass is 10.1. The van der Waals surface area contributed by atoms with Crippen molar-refractivity contribution in [3.05, 3.63) is 94.4 Å². The molecule has 7 nitrogen and oxygen atoms in total. The minimum Gasteiger partial charge on any atom is -0.492 e. The Bertz CT molecular complexity index is 1610. The summed E-state index contributed by atoms with van der Waals surface area (Å²) in [7, 11) is 0.